The summed E-state index contributed by atoms with van der Waals surface area (Å²) >= 11 is 0. The Labute approximate surface area is 203 Å². The van der Waals surface area contributed by atoms with Crippen molar-refractivity contribution in [3.8, 4) is 16.9 Å². The third kappa shape index (κ3) is 8.10. The monoisotopic (exact) mass is 466 g/mol. The van der Waals surface area contributed by atoms with Crippen LogP contribution in [-0.4, -0.2) is 36.3 Å². The van der Waals surface area contributed by atoms with Gasteiger partial charge in [-0.3, -0.25) is 14.4 Å². The molecule has 0 saturated carbocycles. The second-order valence-electron chi connectivity index (χ2n) is 10.6. The number of ether oxygens (including phenoxy) is 1. The fourth-order valence-electron chi connectivity index (χ4n) is 3.84. The van der Waals surface area contributed by atoms with Crippen molar-refractivity contribution in [3.63, 3.8) is 0 Å². The Morgan fingerprint density at radius 1 is 0.912 bits per heavy atom. The lowest BCUT2D eigenvalue weighted by atomic mass is 9.84. The highest BCUT2D eigenvalue weighted by atomic mass is 16.5. The minimum Gasteiger partial charge on any atom is -0.428 e. The molecule has 184 valence electrons. The van der Waals surface area contributed by atoms with Gasteiger partial charge >= 0.3 is 0 Å². The lowest BCUT2D eigenvalue weighted by molar-refractivity contribution is -0.129. The Morgan fingerprint density at radius 3 is 2.15 bits per heavy atom. The Kier molecular flexibility index (Phi) is 9.56. The van der Waals surface area contributed by atoms with E-state index in [1.807, 2.05) is 51.1 Å². The minimum atomic E-state index is -0.412. The summed E-state index contributed by atoms with van der Waals surface area (Å²) in [7, 11) is 0. The zero-order chi connectivity index (χ0) is 25.4. The topological polar surface area (TPSA) is 84.5 Å². The van der Waals surface area contributed by atoms with Crippen molar-refractivity contribution in [1.82, 2.24) is 10.6 Å². The zero-order valence-electron chi connectivity index (χ0n) is 21.2. The van der Waals surface area contributed by atoms with Crippen LogP contribution < -0.4 is 15.4 Å². The van der Waals surface area contributed by atoms with Crippen LogP contribution in [0.4, 0.5) is 0 Å². The van der Waals surface area contributed by atoms with E-state index in [1.165, 1.54) is 0 Å². The maximum absolute atomic E-state index is 12.9. The van der Waals surface area contributed by atoms with Crippen LogP contribution in [0.1, 0.15) is 71.2 Å². The highest BCUT2D eigenvalue weighted by molar-refractivity contribution is 6.01. The van der Waals surface area contributed by atoms with E-state index < -0.39 is 5.41 Å². The van der Waals surface area contributed by atoms with Gasteiger partial charge in [0, 0.05) is 28.6 Å². The summed E-state index contributed by atoms with van der Waals surface area (Å²) in [5, 5.41) is 6.44. The molecule has 0 aliphatic carbocycles. The van der Waals surface area contributed by atoms with Crippen molar-refractivity contribution in [1.29, 1.82) is 0 Å². The molecule has 2 aromatic carbocycles. The molecule has 0 aliphatic heterocycles. The van der Waals surface area contributed by atoms with Crippen molar-refractivity contribution in [3.05, 3.63) is 54.1 Å². The van der Waals surface area contributed by atoms with Gasteiger partial charge in [-0.25, -0.2) is 0 Å². The molecule has 6 nitrogen and oxygen atoms in total. The first-order valence-corrected chi connectivity index (χ1v) is 11.8. The summed E-state index contributed by atoms with van der Waals surface area (Å²) < 4.78 is 5.09. The van der Waals surface area contributed by atoms with E-state index >= 15 is 0 Å². The first-order valence-electron chi connectivity index (χ1n) is 11.8. The number of unbranched alkanes of at least 4 members (excludes halogenated alkanes) is 1. The molecule has 1 amide bonds. The number of ketones is 1. The number of amides is 1. The lowest BCUT2D eigenvalue weighted by Gasteiger charge is -2.31. The molecule has 0 heterocycles. The largest absolute Gasteiger partial charge is 0.428 e. The van der Waals surface area contributed by atoms with Crippen molar-refractivity contribution < 1.29 is 19.1 Å². The van der Waals surface area contributed by atoms with Gasteiger partial charge in [-0.15, -0.1) is 0 Å². The van der Waals surface area contributed by atoms with Gasteiger partial charge in [-0.05, 0) is 57.7 Å². The van der Waals surface area contributed by atoms with E-state index in [-0.39, 0.29) is 23.3 Å². The molecule has 0 saturated heterocycles. The highest BCUT2D eigenvalue weighted by Crippen LogP contribution is 2.32. The lowest BCUT2D eigenvalue weighted by Crippen LogP contribution is -2.50. The number of hydrogen-bond acceptors (Lipinski definition) is 5. The molecular weight excluding hydrogens is 428 g/mol. The first-order chi connectivity index (χ1) is 15.9. The van der Waals surface area contributed by atoms with Gasteiger partial charge in [0.05, 0.1) is 6.04 Å². The quantitative estimate of drug-likeness (QED) is 0.353. The molecular formula is C28H38N2O4. The number of carbonyl (C=O) groups is 3. The standard InChI is InChI=1S/C28H38N2O4/c1-27(2,3)25(32)23(30-28(4,5)6)16-11-12-18-29-26(33)22-15-8-7-13-20(22)21-14-9-10-17-24(21)34-19-31/h7-10,13-15,17,19,23,30H,11-12,16,18H2,1-6H3,(H,29,33)/t23-/m0/s1. The number of hydrogen-bond donors (Lipinski definition) is 2. The van der Waals surface area contributed by atoms with Crippen LogP contribution in [-0.2, 0) is 9.59 Å². The number of carbonyl (C=O) groups excluding carboxylic acids is 3. The fraction of sp³-hybridized carbons (Fsp3) is 0.464. The molecule has 6 heteroatoms. The van der Waals surface area contributed by atoms with Crippen LogP contribution in [0.5, 0.6) is 5.75 Å². The van der Waals surface area contributed by atoms with E-state index in [0.717, 1.165) is 19.3 Å². The van der Waals surface area contributed by atoms with Crippen LogP contribution in [0.25, 0.3) is 11.1 Å². The highest BCUT2D eigenvalue weighted by Gasteiger charge is 2.31. The molecule has 0 fully saturated rings. The molecule has 0 bridgehead atoms. The third-order valence-corrected chi connectivity index (χ3v) is 5.39. The van der Waals surface area contributed by atoms with E-state index in [1.54, 1.807) is 18.2 Å². The van der Waals surface area contributed by atoms with E-state index in [4.69, 9.17) is 4.74 Å². The number of Topliss-reactive ketones (excluding diaryl/α,β-unsaturated/α-hetero) is 1. The average Bonchev–Trinajstić information content (AvgIpc) is 2.76. The summed E-state index contributed by atoms with van der Waals surface area (Å²) in [6, 6.07) is 14.2. The average molecular weight is 467 g/mol. The van der Waals surface area contributed by atoms with Crippen LogP contribution in [0.2, 0.25) is 0 Å². The maximum atomic E-state index is 12.9. The second-order valence-corrected chi connectivity index (χ2v) is 10.6. The fourth-order valence-corrected chi connectivity index (χ4v) is 3.84. The van der Waals surface area contributed by atoms with Crippen LogP contribution in [0.15, 0.2) is 48.5 Å². The van der Waals surface area contributed by atoms with Gasteiger partial charge in [0.1, 0.15) is 5.75 Å². The SMILES string of the molecule is CC(C)(C)N[C@@H](CCCCNC(=O)c1ccccc1-c1ccccc1OC=O)C(=O)C(C)(C)C. The predicted octanol–water partition coefficient (Wildman–Crippen LogP) is 5.16. The summed E-state index contributed by atoms with van der Waals surface area (Å²) in [5.74, 6) is 0.418. The van der Waals surface area contributed by atoms with Gasteiger partial charge < -0.3 is 15.4 Å². The summed E-state index contributed by atoms with van der Waals surface area (Å²) in [5.41, 5.74) is 1.32. The van der Waals surface area contributed by atoms with Gasteiger partial charge in [0.25, 0.3) is 12.4 Å². The Bertz CT molecular complexity index is 986. The van der Waals surface area contributed by atoms with Gasteiger partial charge in [0.15, 0.2) is 5.78 Å². The van der Waals surface area contributed by atoms with E-state index in [9.17, 15) is 14.4 Å². The van der Waals surface area contributed by atoms with E-state index in [2.05, 4.69) is 31.4 Å². The number of nitrogens with one attached hydrogen (secondary N) is 2. The summed E-state index contributed by atoms with van der Waals surface area (Å²) in [4.78, 5) is 36.7. The van der Waals surface area contributed by atoms with Crippen molar-refractivity contribution in [2.45, 2.75) is 72.4 Å². The van der Waals surface area contributed by atoms with Gasteiger partial charge in [-0.1, -0.05) is 57.2 Å². The normalized spacial score (nSPS) is 12.6. The molecule has 1 atom stereocenters. The first kappa shape index (κ1) is 27.3. The van der Waals surface area contributed by atoms with E-state index in [0.29, 0.717) is 35.5 Å². The smallest absolute Gasteiger partial charge is 0.298 e. The van der Waals surface area contributed by atoms with Gasteiger partial charge in [-0.2, -0.15) is 0 Å². The predicted molar refractivity (Wildman–Crippen MR) is 136 cm³/mol. The van der Waals surface area contributed by atoms with Crippen molar-refractivity contribution >= 4 is 18.2 Å². The number of benzene rings is 2. The van der Waals surface area contributed by atoms with Crippen molar-refractivity contribution in [2.24, 2.45) is 5.41 Å². The molecule has 0 aromatic heterocycles. The number of rotatable bonds is 11. The molecule has 0 aliphatic rings. The van der Waals surface area contributed by atoms with Crippen LogP contribution >= 0.6 is 0 Å². The molecule has 0 spiro atoms. The molecule has 34 heavy (non-hydrogen) atoms. The molecule has 0 radical (unpaired) electrons. The van der Waals surface area contributed by atoms with Crippen molar-refractivity contribution in [2.75, 3.05) is 6.54 Å². The molecule has 0 unspecified atom stereocenters. The van der Waals surface area contributed by atoms with Crippen LogP contribution in [0, 0.1) is 5.41 Å². The third-order valence-electron chi connectivity index (χ3n) is 5.39. The molecule has 2 N–H and O–H groups in total. The Balaban J connectivity index is 2.00. The molecule has 2 rings (SSSR count). The zero-order valence-corrected chi connectivity index (χ0v) is 21.2. The van der Waals surface area contributed by atoms with Gasteiger partial charge in [0.2, 0.25) is 0 Å². The Hall–Kier alpha value is -2.99. The van der Waals surface area contributed by atoms with Crippen LogP contribution in [0.3, 0.4) is 0 Å². The summed E-state index contributed by atoms with van der Waals surface area (Å²) in [6.45, 7) is 12.9. The second kappa shape index (κ2) is 11.9. The minimum absolute atomic E-state index is 0.159. The molecule has 2 aromatic rings. The number of para-hydroxylation sites is 1. The Morgan fingerprint density at radius 2 is 1.53 bits per heavy atom. The maximum Gasteiger partial charge on any atom is 0.298 e. The summed E-state index contributed by atoms with van der Waals surface area (Å²) in [6.07, 6.45) is 2.29.